The van der Waals surface area contributed by atoms with Crippen LogP contribution in [0.4, 0.5) is 5.69 Å². The lowest BCUT2D eigenvalue weighted by Gasteiger charge is -2.00. The first-order valence-corrected chi connectivity index (χ1v) is 8.08. The van der Waals surface area contributed by atoms with Gasteiger partial charge in [0.15, 0.2) is 0 Å². The molecule has 0 fully saturated rings. The highest BCUT2D eigenvalue weighted by Gasteiger charge is 1.98. The van der Waals surface area contributed by atoms with E-state index in [0.29, 0.717) is 0 Å². The van der Waals surface area contributed by atoms with Crippen molar-refractivity contribution in [2.75, 3.05) is 5.73 Å². The van der Waals surface area contributed by atoms with Gasteiger partial charge in [0, 0.05) is 26.2 Å². The van der Waals surface area contributed by atoms with Crippen LogP contribution in [-0.2, 0) is 0 Å². The Balaban J connectivity index is 0.000000161. The summed E-state index contributed by atoms with van der Waals surface area (Å²) in [6, 6.07) is 14.1. The van der Waals surface area contributed by atoms with E-state index in [1.54, 1.807) is 0 Å². The molecule has 4 heteroatoms. The molecule has 2 N–H and O–H groups in total. The van der Waals surface area contributed by atoms with Gasteiger partial charge in [0.2, 0.25) is 0 Å². The summed E-state index contributed by atoms with van der Waals surface area (Å²) in [6.07, 6.45) is 1.81. The third kappa shape index (κ3) is 4.29. The molecule has 1 aromatic heterocycles. The molecular formula is C17H16Br2N2. The summed E-state index contributed by atoms with van der Waals surface area (Å²) in [4.78, 5) is 4.27. The van der Waals surface area contributed by atoms with Gasteiger partial charge in [-0.1, -0.05) is 12.1 Å². The number of halogens is 2. The molecule has 3 rings (SSSR count). The lowest BCUT2D eigenvalue weighted by Crippen LogP contribution is -1.85. The Hall–Kier alpha value is -1.39. The van der Waals surface area contributed by atoms with Gasteiger partial charge >= 0.3 is 0 Å². The van der Waals surface area contributed by atoms with Crippen LogP contribution in [0.25, 0.3) is 10.9 Å². The Morgan fingerprint density at radius 3 is 2.29 bits per heavy atom. The minimum Gasteiger partial charge on any atom is -0.398 e. The molecule has 0 atom stereocenters. The Morgan fingerprint density at radius 1 is 0.905 bits per heavy atom. The Morgan fingerprint density at radius 2 is 1.62 bits per heavy atom. The average molecular weight is 408 g/mol. The minimum atomic E-state index is 0.792. The molecular weight excluding hydrogens is 392 g/mol. The van der Waals surface area contributed by atoms with E-state index in [2.05, 4.69) is 62.0 Å². The Labute approximate surface area is 141 Å². The van der Waals surface area contributed by atoms with Gasteiger partial charge in [-0.25, -0.2) is 0 Å². The number of rotatable bonds is 0. The maximum atomic E-state index is 5.54. The summed E-state index contributed by atoms with van der Waals surface area (Å²) < 4.78 is 2.04. The van der Waals surface area contributed by atoms with Crippen LogP contribution in [0, 0.1) is 13.8 Å². The first kappa shape index (κ1) is 16.0. The van der Waals surface area contributed by atoms with Crippen molar-refractivity contribution in [3.8, 4) is 0 Å². The van der Waals surface area contributed by atoms with Gasteiger partial charge in [0.1, 0.15) is 0 Å². The standard InChI is InChI=1S/C10H8BrN.C7H8BrN/c1-7-5-8-3-2-4-12-10(8)9(11)6-7;1-5-2-3-7(9)6(8)4-5/h2-6H,1H3;2-4H,9H2,1H3. The first-order valence-electron chi connectivity index (χ1n) is 6.50. The molecule has 3 aromatic rings. The number of aryl methyl sites for hydroxylation is 2. The summed E-state index contributed by atoms with van der Waals surface area (Å²) in [5.74, 6) is 0. The predicted molar refractivity (Wildman–Crippen MR) is 97.5 cm³/mol. The highest BCUT2D eigenvalue weighted by molar-refractivity contribution is 9.11. The number of aromatic nitrogens is 1. The number of benzene rings is 2. The highest BCUT2D eigenvalue weighted by Crippen LogP contribution is 2.23. The fourth-order valence-electron chi connectivity index (χ4n) is 1.92. The zero-order valence-corrected chi connectivity index (χ0v) is 15.1. The smallest absolute Gasteiger partial charge is 0.0844 e. The molecule has 2 aromatic carbocycles. The second-order valence-corrected chi connectivity index (χ2v) is 6.56. The fourth-order valence-corrected chi connectivity index (χ4v) is 3.11. The molecule has 0 bridgehead atoms. The number of nitrogen functional groups attached to an aromatic ring is 1. The zero-order chi connectivity index (χ0) is 15.4. The fraction of sp³-hybridized carbons (Fsp3) is 0.118. The second kappa shape index (κ2) is 7.05. The van der Waals surface area contributed by atoms with Gasteiger partial charge in [-0.2, -0.15) is 0 Å². The van der Waals surface area contributed by atoms with Crippen molar-refractivity contribution in [3.63, 3.8) is 0 Å². The van der Waals surface area contributed by atoms with Crippen LogP contribution in [0.15, 0.2) is 57.6 Å². The lowest BCUT2D eigenvalue weighted by atomic mass is 10.1. The van der Waals surface area contributed by atoms with Crippen LogP contribution >= 0.6 is 31.9 Å². The van der Waals surface area contributed by atoms with Crippen molar-refractivity contribution in [3.05, 3.63) is 68.7 Å². The molecule has 1 heterocycles. The summed E-state index contributed by atoms with van der Waals surface area (Å²) in [5, 5.41) is 1.18. The van der Waals surface area contributed by atoms with Crippen molar-refractivity contribution >= 4 is 48.5 Å². The van der Waals surface area contributed by atoms with Crippen LogP contribution in [0.3, 0.4) is 0 Å². The number of nitrogens with two attached hydrogens (primary N) is 1. The van der Waals surface area contributed by atoms with E-state index < -0.39 is 0 Å². The van der Waals surface area contributed by atoms with E-state index in [4.69, 9.17) is 5.73 Å². The molecule has 0 spiro atoms. The molecule has 2 nitrogen and oxygen atoms in total. The van der Waals surface area contributed by atoms with Gasteiger partial charge in [0.25, 0.3) is 0 Å². The van der Waals surface area contributed by atoms with E-state index in [9.17, 15) is 0 Å². The van der Waals surface area contributed by atoms with Gasteiger partial charge in [-0.05, 0) is 87.2 Å². The normalized spacial score (nSPS) is 10.1. The van der Waals surface area contributed by atoms with E-state index in [1.807, 2.05) is 37.4 Å². The van der Waals surface area contributed by atoms with E-state index in [0.717, 1.165) is 20.1 Å². The third-order valence-corrected chi connectivity index (χ3v) is 4.25. The van der Waals surface area contributed by atoms with E-state index in [1.165, 1.54) is 16.5 Å². The number of pyridine rings is 1. The number of fused-ring (bicyclic) bond motifs is 1. The van der Waals surface area contributed by atoms with Crippen LogP contribution in [0.5, 0.6) is 0 Å². The van der Waals surface area contributed by atoms with Crippen molar-refractivity contribution in [2.45, 2.75) is 13.8 Å². The third-order valence-electron chi connectivity index (χ3n) is 2.96. The minimum absolute atomic E-state index is 0.792. The van der Waals surface area contributed by atoms with Gasteiger partial charge < -0.3 is 5.73 Å². The molecule has 21 heavy (non-hydrogen) atoms. The second-order valence-electron chi connectivity index (χ2n) is 4.85. The maximum absolute atomic E-state index is 5.54. The van der Waals surface area contributed by atoms with Crippen LogP contribution in [0.1, 0.15) is 11.1 Å². The molecule has 108 valence electrons. The van der Waals surface area contributed by atoms with Crippen LogP contribution in [-0.4, -0.2) is 4.98 Å². The van der Waals surface area contributed by atoms with Crippen LogP contribution in [0.2, 0.25) is 0 Å². The Kier molecular flexibility index (Phi) is 5.37. The summed E-state index contributed by atoms with van der Waals surface area (Å²) >= 11 is 6.81. The molecule has 0 aliphatic carbocycles. The van der Waals surface area contributed by atoms with Gasteiger partial charge in [-0.15, -0.1) is 0 Å². The SMILES string of the molecule is Cc1cc(Br)c2ncccc2c1.Cc1ccc(N)c(Br)c1. The monoisotopic (exact) mass is 406 g/mol. The zero-order valence-electron chi connectivity index (χ0n) is 11.9. The van der Waals surface area contributed by atoms with Crippen molar-refractivity contribution in [1.29, 1.82) is 0 Å². The number of hydrogen-bond acceptors (Lipinski definition) is 2. The number of hydrogen-bond donors (Lipinski definition) is 1. The molecule has 0 aliphatic rings. The molecule has 0 aliphatic heterocycles. The number of nitrogens with zero attached hydrogens (tertiary/aromatic N) is 1. The summed E-state index contributed by atoms with van der Waals surface area (Å²) in [7, 11) is 0. The largest absolute Gasteiger partial charge is 0.398 e. The van der Waals surface area contributed by atoms with Crippen molar-refractivity contribution < 1.29 is 0 Å². The average Bonchev–Trinajstić information content (AvgIpc) is 2.44. The molecule has 0 saturated heterocycles. The van der Waals surface area contributed by atoms with Gasteiger partial charge in [0.05, 0.1) is 5.52 Å². The van der Waals surface area contributed by atoms with Crippen molar-refractivity contribution in [1.82, 2.24) is 4.98 Å². The first-order chi connectivity index (χ1) is 9.97. The number of anilines is 1. The molecule has 0 amide bonds. The maximum Gasteiger partial charge on any atom is 0.0844 e. The van der Waals surface area contributed by atoms with Gasteiger partial charge in [-0.3, -0.25) is 4.98 Å². The molecule has 0 unspecified atom stereocenters. The Bertz CT molecular complexity index is 770. The van der Waals surface area contributed by atoms with E-state index >= 15 is 0 Å². The molecule has 0 radical (unpaired) electrons. The quantitative estimate of drug-likeness (QED) is 0.489. The summed E-state index contributed by atoms with van der Waals surface area (Å²) in [6.45, 7) is 4.11. The lowest BCUT2D eigenvalue weighted by molar-refractivity contribution is 1.38. The van der Waals surface area contributed by atoms with Crippen LogP contribution < -0.4 is 5.73 Å². The highest BCUT2D eigenvalue weighted by atomic mass is 79.9. The van der Waals surface area contributed by atoms with E-state index in [-0.39, 0.29) is 0 Å². The van der Waals surface area contributed by atoms with Crippen molar-refractivity contribution in [2.24, 2.45) is 0 Å². The summed E-state index contributed by atoms with van der Waals surface area (Å²) in [5.41, 5.74) is 9.84. The predicted octanol–water partition coefficient (Wildman–Crippen LogP) is 5.65. The molecule has 0 saturated carbocycles. The topological polar surface area (TPSA) is 38.9 Å².